The molecule has 0 saturated heterocycles. The summed E-state index contributed by atoms with van der Waals surface area (Å²) < 4.78 is 7.11. The van der Waals surface area contributed by atoms with E-state index in [9.17, 15) is 4.79 Å². The van der Waals surface area contributed by atoms with E-state index in [0.29, 0.717) is 37.6 Å². The van der Waals surface area contributed by atoms with Gasteiger partial charge in [0.05, 0.1) is 33.6 Å². The first kappa shape index (κ1) is 20.2. The van der Waals surface area contributed by atoms with Crippen LogP contribution in [0.3, 0.4) is 0 Å². The molecule has 4 nitrogen and oxygen atoms in total. The molecule has 0 radical (unpaired) electrons. The van der Waals surface area contributed by atoms with Gasteiger partial charge in [0.25, 0.3) is 5.91 Å². The van der Waals surface area contributed by atoms with Gasteiger partial charge in [-0.25, -0.2) is 4.98 Å². The fourth-order valence-corrected chi connectivity index (χ4v) is 4.79. The third-order valence-electron chi connectivity index (χ3n) is 4.22. The quantitative estimate of drug-likeness (QED) is 0.315. The van der Waals surface area contributed by atoms with Crippen LogP contribution in [-0.2, 0) is 0 Å². The average Bonchev–Trinajstić information content (AvgIpc) is 3.13. The lowest BCUT2D eigenvalue weighted by molar-refractivity contribution is 0.102. The van der Waals surface area contributed by atoms with Gasteiger partial charge in [-0.15, -0.1) is 11.3 Å². The van der Waals surface area contributed by atoms with Crippen molar-refractivity contribution in [1.82, 2.24) is 4.98 Å². The molecule has 1 N–H and O–H groups in total. The van der Waals surface area contributed by atoms with Gasteiger partial charge in [-0.3, -0.25) is 4.79 Å². The smallest absolute Gasteiger partial charge is 0.259 e. The number of amides is 1. The number of para-hydroxylation sites is 1. The summed E-state index contributed by atoms with van der Waals surface area (Å²) in [6, 6.07) is 16.4. The molecule has 4 aromatic rings. The van der Waals surface area contributed by atoms with Gasteiger partial charge in [0.1, 0.15) is 10.8 Å². The number of hydrogen-bond donors (Lipinski definition) is 1. The highest BCUT2D eigenvalue weighted by molar-refractivity contribution is 9.10. The predicted octanol–water partition coefficient (Wildman–Crippen LogP) is 7.29. The van der Waals surface area contributed by atoms with Crippen LogP contribution in [-0.4, -0.2) is 18.0 Å². The van der Waals surface area contributed by atoms with E-state index in [1.807, 2.05) is 24.3 Å². The Morgan fingerprint density at radius 2 is 1.93 bits per heavy atom. The number of hydrogen-bond acceptors (Lipinski definition) is 4. The van der Waals surface area contributed by atoms with Crippen molar-refractivity contribution in [2.45, 2.75) is 0 Å². The van der Waals surface area contributed by atoms with Crippen LogP contribution in [0.15, 0.2) is 59.1 Å². The van der Waals surface area contributed by atoms with Gasteiger partial charge in [0.15, 0.2) is 0 Å². The van der Waals surface area contributed by atoms with Gasteiger partial charge in [-0.1, -0.05) is 51.3 Å². The van der Waals surface area contributed by atoms with Gasteiger partial charge < -0.3 is 10.1 Å². The van der Waals surface area contributed by atoms with Crippen LogP contribution in [0.5, 0.6) is 5.75 Å². The number of anilines is 1. The summed E-state index contributed by atoms with van der Waals surface area (Å²) in [4.78, 5) is 17.7. The van der Waals surface area contributed by atoms with Crippen molar-refractivity contribution in [2.24, 2.45) is 0 Å². The molecule has 0 bridgehead atoms. The zero-order valence-corrected chi connectivity index (χ0v) is 18.9. The van der Waals surface area contributed by atoms with Crippen molar-refractivity contribution >= 4 is 72.3 Å². The molecule has 1 heterocycles. The van der Waals surface area contributed by atoms with Gasteiger partial charge in [-0.05, 0) is 42.5 Å². The Hall–Kier alpha value is -2.12. The zero-order valence-electron chi connectivity index (χ0n) is 15.0. The van der Waals surface area contributed by atoms with Crippen molar-refractivity contribution in [1.29, 1.82) is 0 Å². The van der Waals surface area contributed by atoms with Crippen molar-refractivity contribution in [2.75, 3.05) is 12.4 Å². The maximum absolute atomic E-state index is 13.0. The van der Waals surface area contributed by atoms with Crippen LogP contribution in [0.4, 0.5) is 5.69 Å². The van der Waals surface area contributed by atoms with E-state index >= 15 is 0 Å². The van der Waals surface area contributed by atoms with Crippen LogP contribution in [0.25, 0.3) is 20.8 Å². The number of aromatic nitrogens is 1. The first-order valence-corrected chi connectivity index (χ1v) is 10.8. The lowest BCUT2D eigenvalue weighted by Crippen LogP contribution is -2.14. The minimum atomic E-state index is -0.352. The predicted molar refractivity (Wildman–Crippen MR) is 124 cm³/mol. The van der Waals surface area contributed by atoms with E-state index in [1.54, 1.807) is 30.3 Å². The van der Waals surface area contributed by atoms with Crippen molar-refractivity contribution in [3.8, 4) is 16.3 Å². The van der Waals surface area contributed by atoms with E-state index < -0.39 is 0 Å². The van der Waals surface area contributed by atoms with Crippen molar-refractivity contribution in [3.63, 3.8) is 0 Å². The molecule has 1 amide bonds. The maximum atomic E-state index is 13.0. The highest BCUT2D eigenvalue weighted by atomic mass is 79.9. The number of fused-ring (bicyclic) bond motifs is 1. The summed E-state index contributed by atoms with van der Waals surface area (Å²) in [7, 11) is 1.52. The Morgan fingerprint density at radius 1 is 1.14 bits per heavy atom. The van der Waals surface area contributed by atoms with Crippen LogP contribution in [0, 0.1) is 0 Å². The molecular weight excluding hydrogens is 495 g/mol. The molecule has 0 saturated carbocycles. The molecule has 1 aromatic heterocycles. The van der Waals surface area contributed by atoms with E-state index in [1.165, 1.54) is 18.4 Å². The number of rotatable bonds is 4. The lowest BCUT2D eigenvalue weighted by atomic mass is 10.1. The minimum absolute atomic E-state index is 0.328. The van der Waals surface area contributed by atoms with Gasteiger partial charge in [-0.2, -0.15) is 0 Å². The Labute approximate surface area is 189 Å². The number of nitrogens with one attached hydrogen (secondary N) is 1. The monoisotopic (exact) mass is 506 g/mol. The molecule has 0 atom stereocenters. The highest BCUT2D eigenvalue weighted by Gasteiger charge is 2.20. The summed E-state index contributed by atoms with van der Waals surface area (Å²) >= 11 is 17.6. The molecule has 3 aromatic carbocycles. The third kappa shape index (κ3) is 4.12. The molecular formula is C21H13BrCl2N2O2S. The Kier molecular flexibility index (Phi) is 5.79. The number of ether oxygens (including phenoxy) is 1. The number of carbonyl (C=O) groups excluding carboxylic acids is 1. The van der Waals surface area contributed by atoms with Gasteiger partial charge in [0, 0.05) is 15.1 Å². The number of thiazole rings is 1. The van der Waals surface area contributed by atoms with E-state index in [4.69, 9.17) is 27.9 Å². The minimum Gasteiger partial charge on any atom is -0.496 e. The summed E-state index contributed by atoms with van der Waals surface area (Å²) in [6.45, 7) is 0. The van der Waals surface area contributed by atoms with Crippen LogP contribution in [0.1, 0.15) is 10.4 Å². The molecule has 4 rings (SSSR count). The number of methoxy groups -OCH3 is 1. The molecule has 29 heavy (non-hydrogen) atoms. The molecule has 8 heteroatoms. The second kappa shape index (κ2) is 8.32. The maximum Gasteiger partial charge on any atom is 0.259 e. The third-order valence-corrected chi connectivity index (χ3v) is 6.30. The molecule has 0 unspecified atom stereocenters. The normalized spacial score (nSPS) is 10.9. The number of benzene rings is 3. The largest absolute Gasteiger partial charge is 0.496 e. The zero-order chi connectivity index (χ0) is 20.5. The first-order valence-electron chi connectivity index (χ1n) is 8.46. The second-order valence-electron chi connectivity index (χ2n) is 6.10. The summed E-state index contributed by atoms with van der Waals surface area (Å²) in [6.07, 6.45) is 0. The summed E-state index contributed by atoms with van der Waals surface area (Å²) in [5, 5.41) is 4.41. The molecule has 0 fully saturated rings. The second-order valence-corrected chi connectivity index (χ2v) is 8.89. The molecule has 0 aliphatic heterocycles. The van der Waals surface area contributed by atoms with E-state index in [0.717, 1.165) is 14.7 Å². The summed E-state index contributed by atoms with van der Waals surface area (Å²) in [5.74, 6) is 0.104. The molecule has 146 valence electrons. The topological polar surface area (TPSA) is 51.2 Å². The number of nitrogens with zero attached hydrogens (tertiary/aromatic N) is 1. The number of carbonyl (C=O) groups is 1. The van der Waals surface area contributed by atoms with Crippen molar-refractivity contribution < 1.29 is 9.53 Å². The Morgan fingerprint density at radius 3 is 2.69 bits per heavy atom. The summed E-state index contributed by atoms with van der Waals surface area (Å²) in [5.41, 5.74) is 2.35. The molecule has 0 spiro atoms. The Bertz CT molecular complexity index is 1210. The van der Waals surface area contributed by atoms with E-state index in [-0.39, 0.29) is 5.91 Å². The highest BCUT2D eigenvalue weighted by Crippen LogP contribution is 2.40. The standard InChI is InChI=1S/C21H13BrCl2N2O2S/c1-28-17-7-6-11(22)8-13(17)20(27)26-19-14(9-12(23)10-15(19)24)21-25-16-4-2-3-5-18(16)29-21/h2-10H,1H3,(H,26,27). The average molecular weight is 508 g/mol. The van der Waals surface area contributed by atoms with Gasteiger partial charge >= 0.3 is 0 Å². The lowest BCUT2D eigenvalue weighted by Gasteiger charge is -2.14. The SMILES string of the molecule is COc1ccc(Br)cc1C(=O)Nc1c(Cl)cc(Cl)cc1-c1nc2ccccc2s1. The fourth-order valence-electron chi connectivity index (χ4n) is 2.90. The van der Waals surface area contributed by atoms with Gasteiger partial charge in [0.2, 0.25) is 0 Å². The fraction of sp³-hybridized carbons (Fsp3) is 0.0476. The van der Waals surface area contributed by atoms with Crippen molar-refractivity contribution in [3.05, 3.63) is 74.7 Å². The molecule has 0 aliphatic carbocycles. The van der Waals surface area contributed by atoms with Crippen LogP contribution in [0.2, 0.25) is 10.0 Å². The molecule has 0 aliphatic rings. The first-order chi connectivity index (χ1) is 14.0. The van der Waals surface area contributed by atoms with Crippen LogP contribution >= 0.6 is 50.5 Å². The Balaban J connectivity index is 1.80. The van der Waals surface area contributed by atoms with Crippen LogP contribution < -0.4 is 10.1 Å². The van der Waals surface area contributed by atoms with E-state index in [2.05, 4.69) is 26.2 Å². The number of halogens is 3.